The highest BCUT2D eigenvalue weighted by molar-refractivity contribution is 7.89. The molecule has 7 nitrogen and oxygen atoms in total. The van der Waals surface area contributed by atoms with Gasteiger partial charge in [0.1, 0.15) is 5.01 Å². The van der Waals surface area contributed by atoms with E-state index in [2.05, 4.69) is 20.1 Å². The second-order valence-corrected chi connectivity index (χ2v) is 6.69. The van der Waals surface area contributed by atoms with E-state index in [1.165, 1.54) is 17.5 Å². The summed E-state index contributed by atoms with van der Waals surface area (Å²) in [5.41, 5.74) is 3.42. The Bertz CT molecular complexity index is 698. The molecule has 1 unspecified atom stereocenters. The van der Waals surface area contributed by atoms with E-state index >= 15 is 0 Å². The topological polar surface area (TPSA) is 110 Å². The number of thiazole rings is 1. The molecule has 0 fully saturated rings. The van der Waals surface area contributed by atoms with Gasteiger partial charge in [-0.3, -0.25) is 5.84 Å². The minimum absolute atomic E-state index is 0.136. The number of anilines is 1. The molecule has 2 aromatic heterocycles. The molecule has 0 bridgehead atoms. The Labute approximate surface area is 121 Å². The summed E-state index contributed by atoms with van der Waals surface area (Å²) in [6.07, 6.45) is 1.40. The first kappa shape index (κ1) is 14.9. The van der Waals surface area contributed by atoms with Gasteiger partial charge < -0.3 is 5.43 Å². The average Bonchev–Trinajstić information content (AvgIpc) is 2.85. The van der Waals surface area contributed by atoms with Crippen LogP contribution in [0, 0.1) is 6.92 Å². The van der Waals surface area contributed by atoms with E-state index in [0.29, 0.717) is 5.01 Å². The fraction of sp³-hybridized carbons (Fsp3) is 0.273. The van der Waals surface area contributed by atoms with Crippen LogP contribution in [0.25, 0.3) is 0 Å². The van der Waals surface area contributed by atoms with Gasteiger partial charge >= 0.3 is 0 Å². The first-order chi connectivity index (χ1) is 9.44. The molecule has 2 heterocycles. The van der Waals surface area contributed by atoms with Crippen LogP contribution >= 0.6 is 11.3 Å². The van der Waals surface area contributed by atoms with E-state index in [-0.39, 0.29) is 10.7 Å². The minimum atomic E-state index is -3.78. The van der Waals surface area contributed by atoms with Crippen molar-refractivity contribution in [3.8, 4) is 0 Å². The maximum atomic E-state index is 12.3. The number of nitrogens with two attached hydrogens (primary N) is 1. The SMILES string of the molecule is Cc1csc(C(C)NS(=O)(=O)c2ncccc2NN)n1. The summed E-state index contributed by atoms with van der Waals surface area (Å²) in [7, 11) is -3.78. The minimum Gasteiger partial charge on any atom is -0.321 e. The third-order valence-electron chi connectivity index (χ3n) is 2.52. The fourth-order valence-corrected chi connectivity index (χ4v) is 3.81. The highest BCUT2D eigenvalue weighted by atomic mass is 32.2. The predicted octanol–water partition coefficient (Wildman–Crippen LogP) is 1.17. The summed E-state index contributed by atoms with van der Waals surface area (Å²) in [6.45, 7) is 3.59. The van der Waals surface area contributed by atoms with Gasteiger partial charge in [-0.25, -0.2) is 23.1 Å². The van der Waals surface area contributed by atoms with Crippen LogP contribution in [0.5, 0.6) is 0 Å². The van der Waals surface area contributed by atoms with Crippen molar-refractivity contribution in [1.29, 1.82) is 0 Å². The third kappa shape index (κ3) is 3.12. The largest absolute Gasteiger partial charge is 0.321 e. The Morgan fingerprint density at radius 1 is 1.45 bits per heavy atom. The Morgan fingerprint density at radius 2 is 2.20 bits per heavy atom. The highest BCUT2D eigenvalue weighted by Gasteiger charge is 2.23. The molecule has 2 aromatic rings. The molecule has 0 saturated carbocycles. The van der Waals surface area contributed by atoms with Crippen molar-refractivity contribution in [2.45, 2.75) is 24.9 Å². The number of pyridine rings is 1. The van der Waals surface area contributed by atoms with Crippen LogP contribution in [-0.4, -0.2) is 18.4 Å². The molecule has 4 N–H and O–H groups in total. The van der Waals surface area contributed by atoms with Crippen LogP contribution in [0.2, 0.25) is 0 Å². The molecule has 9 heteroatoms. The maximum Gasteiger partial charge on any atom is 0.260 e. The van der Waals surface area contributed by atoms with Crippen molar-refractivity contribution in [3.05, 3.63) is 34.4 Å². The van der Waals surface area contributed by atoms with Crippen LogP contribution in [0.1, 0.15) is 23.7 Å². The maximum absolute atomic E-state index is 12.3. The van der Waals surface area contributed by atoms with Crippen molar-refractivity contribution in [2.24, 2.45) is 5.84 Å². The van der Waals surface area contributed by atoms with Crippen molar-refractivity contribution in [1.82, 2.24) is 14.7 Å². The van der Waals surface area contributed by atoms with Gasteiger partial charge in [0.2, 0.25) is 0 Å². The molecular formula is C11H15N5O2S2. The molecule has 0 amide bonds. The lowest BCUT2D eigenvalue weighted by Gasteiger charge is -2.13. The molecule has 0 aromatic carbocycles. The van der Waals surface area contributed by atoms with Gasteiger partial charge in [-0.1, -0.05) is 0 Å². The number of rotatable bonds is 5. The molecule has 20 heavy (non-hydrogen) atoms. The van der Waals surface area contributed by atoms with Crippen LogP contribution in [-0.2, 0) is 10.0 Å². The number of aryl methyl sites for hydroxylation is 1. The molecule has 0 radical (unpaired) electrons. The summed E-state index contributed by atoms with van der Waals surface area (Å²) < 4.78 is 27.2. The Balaban J connectivity index is 2.27. The number of aromatic nitrogens is 2. The Hall–Kier alpha value is -1.55. The van der Waals surface area contributed by atoms with Gasteiger partial charge in [-0.15, -0.1) is 11.3 Å². The molecular weight excluding hydrogens is 298 g/mol. The summed E-state index contributed by atoms with van der Waals surface area (Å²) in [5.74, 6) is 5.30. The molecule has 0 aliphatic carbocycles. The van der Waals surface area contributed by atoms with Gasteiger partial charge in [0.25, 0.3) is 10.0 Å². The van der Waals surface area contributed by atoms with Gasteiger partial charge in [0.15, 0.2) is 5.03 Å². The van der Waals surface area contributed by atoms with Gasteiger partial charge in [0, 0.05) is 17.3 Å². The van der Waals surface area contributed by atoms with Gasteiger partial charge in [-0.05, 0) is 26.0 Å². The number of hydrogen-bond acceptors (Lipinski definition) is 7. The van der Waals surface area contributed by atoms with Crippen molar-refractivity contribution in [3.63, 3.8) is 0 Å². The summed E-state index contributed by atoms with van der Waals surface area (Å²) in [4.78, 5) is 8.13. The second-order valence-electron chi connectivity index (χ2n) is 4.17. The first-order valence-electron chi connectivity index (χ1n) is 5.80. The average molecular weight is 313 g/mol. The summed E-state index contributed by atoms with van der Waals surface area (Å²) in [5, 5.41) is 2.43. The number of nitrogen functional groups attached to an aromatic ring is 1. The zero-order valence-electron chi connectivity index (χ0n) is 11.0. The quantitative estimate of drug-likeness (QED) is 0.564. The van der Waals surface area contributed by atoms with E-state index in [0.717, 1.165) is 5.69 Å². The molecule has 0 aliphatic rings. The zero-order chi connectivity index (χ0) is 14.8. The lowest BCUT2D eigenvalue weighted by atomic mass is 10.4. The van der Waals surface area contributed by atoms with Crippen LogP contribution < -0.4 is 16.0 Å². The van der Waals surface area contributed by atoms with Gasteiger partial charge in [0.05, 0.1) is 11.7 Å². The van der Waals surface area contributed by atoms with E-state index in [4.69, 9.17) is 5.84 Å². The first-order valence-corrected chi connectivity index (χ1v) is 8.16. The number of hydrazine groups is 1. The molecule has 0 saturated heterocycles. The summed E-state index contributed by atoms with van der Waals surface area (Å²) in [6, 6.07) is 2.70. The van der Waals surface area contributed by atoms with E-state index in [1.54, 1.807) is 19.1 Å². The molecule has 0 aliphatic heterocycles. The van der Waals surface area contributed by atoms with Crippen LogP contribution in [0.4, 0.5) is 5.69 Å². The van der Waals surface area contributed by atoms with E-state index in [1.807, 2.05) is 12.3 Å². The normalized spacial score (nSPS) is 13.2. The zero-order valence-corrected chi connectivity index (χ0v) is 12.6. The van der Waals surface area contributed by atoms with Crippen molar-refractivity contribution < 1.29 is 8.42 Å². The predicted molar refractivity (Wildman–Crippen MR) is 77.6 cm³/mol. The number of nitrogens with zero attached hydrogens (tertiary/aromatic N) is 2. The number of sulfonamides is 1. The Kier molecular flexibility index (Phi) is 4.33. The van der Waals surface area contributed by atoms with E-state index < -0.39 is 16.1 Å². The second kappa shape index (κ2) is 5.83. The molecule has 0 spiro atoms. The van der Waals surface area contributed by atoms with Crippen LogP contribution in [0.15, 0.2) is 28.7 Å². The van der Waals surface area contributed by atoms with Crippen molar-refractivity contribution in [2.75, 3.05) is 5.43 Å². The monoisotopic (exact) mass is 313 g/mol. The molecule has 108 valence electrons. The lowest BCUT2D eigenvalue weighted by Crippen LogP contribution is -2.28. The van der Waals surface area contributed by atoms with Crippen molar-refractivity contribution >= 4 is 27.0 Å². The molecule has 2 rings (SSSR count). The smallest absolute Gasteiger partial charge is 0.260 e. The highest BCUT2D eigenvalue weighted by Crippen LogP contribution is 2.22. The standard InChI is InChI=1S/C11H15N5O2S2/c1-7-6-19-10(14-7)8(2)16-20(17,18)11-9(15-12)4-3-5-13-11/h3-6,8,15-16H,12H2,1-2H3. The third-order valence-corrected chi connectivity index (χ3v) is 5.16. The number of nitrogens with one attached hydrogen (secondary N) is 2. The number of hydrogen-bond donors (Lipinski definition) is 3. The fourth-order valence-electron chi connectivity index (χ4n) is 1.62. The van der Waals surface area contributed by atoms with Gasteiger partial charge in [-0.2, -0.15) is 0 Å². The van der Waals surface area contributed by atoms with Crippen LogP contribution in [0.3, 0.4) is 0 Å². The molecule has 1 atom stereocenters. The lowest BCUT2D eigenvalue weighted by molar-refractivity contribution is 0.563. The van der Waals surface area contributed by atoms with E-state index in [9.17, 15) is 8.42 Å². The summed E-state index contributed by atoms with van der Waals surface area (Å²) >= 11 is 1.40. The Morgan fingerprint density at radius 3 is 2.80 bits per heavy atom.